The summed E-state index contributed by atoms with van der Waals surface area (Å²) in [7, 11) is -3.02. The molecule has 2 aromatic rings. The molecule has 0 atom stereocenters. The van der Waals surface area contributed by atoms with E-state index in [9.17, 15) is 18.1 Å². The summed E-state index contributed by atoms with van der Waals surface area (Å²) in [5.74, 6) is 0.289. The molecule has 2 N–H and O–H groups in total. The van der Waals surface area contributed by atoms with E-state index in [0.29, 0.717) is 17.0 Å². The van der Waals surface area contributed by atoms with E-state index in [-0.39, 0.29) is 62.0 Å². The topological polar surface area (TPSA) is 111 Å². The minimum absolute atomic E-state index is 0. The van der Waals surface area contributed by atoms with Gasteiger partial charge in [-0.25, -0.2) is 8.42 Å². The Bertz CT molecular complexity index is 791. The molecule has 0 fully saturated rings. The van der Waals surface area contributed by atoms with Gasteiger partial charge in [-0.1, -0.05) is 6.07 Å². The van der Waals surface area contributed by atoms with Crippen molar-refractivity contribution in [2.75, 3.05) is 12.5 Å². The molecule has 9 heteroatoms. The number of benzene rings is 2. The van der Waals surface area contributed by atoms with Crippen molar-refractivity contribution < 1.29 is 74.2 Å². The molecule has 0 bridgehead atoms. The third-order valence-electron chi connectivity index (χ3n) is 2.79. The SMILES string of the molecule is COc1cccc(/C=N/Nc2ccc(S(=O)(=O)[O-])cc2)c1O.[K+]. The predicted octanol–water partition coefficient (Wildman–Crippen LogP) is -1.25. The molecule has 23 heavy (non-hydrogen) atoms. The fourth-order valence-electron chi connectivity index (χ4n) is 1.68. The van der Waals surface area contributed by atoms with Gasteiger partial charge in [0.2, 0.25) is 0 Å². The largest absolute Gasteiger partial charge is 1.00 e. The van der Waals surface area contributed by atoms with Gasteiger partial charge in [0.1, 0.15) is 10.1 Å². The summed E-state index contributed by atoms with van der Waals surface area (Å²) in [4.78, 5) is -0.313. The standard InChI is InChI=1S/C14H14N2O5S.K/c1-21-13-4-2-3-10(14(13)17)9-15-16-11-5-7-12(8-6-11)22(18,19)20;/h2-9,16-17H,1H3,(H,18,19,20);/q;+1/p-1/b15-9+;. The number of hydrazone groups is 1. The Balaban J connectivity index is 0.00000264. The van der Waals surface area contributed by atoms with Gasteiger partial charge in [0.15, 0.2) is 11.5 Å². The van der Waals surface area contributed by atoms with Gasteiger partial charge in [-0.3, -0.25) is 5.43 Å². The summed E-state index contributed by atoms with van der Waals surface area (Å²) in [6.07, 6.45) is 1.39. The Morgan fingerprint density at radius 3 is 2.43 bits per heavy atom. The van der Waals surface area contributed by atoms with Crippen LogP contribution in [0.1, 0.15) is 5.56 Å². The van der Waals surface area contributed by atoms with Gasteiger partial charge in [0, 0.05) is 5.56 Å². The van der Waals surface area contributed by atoms with Crippen LogP contribution in [0.15, 0.2) is 52.5 Å². The van der Waals surface area contributed by atoms with E-state index in [4.69, 9.17) is 4.74 Å². The first-order chi connectivity index (χ1) is 10.4. The molecule has 0 heterocycles. The van der Waals surface area contributed by atoms with E-state index in [1.54, 1.807) is 18.2 Å². The zero-order chi connectivity index (χ0) is 16.2. The maximum absolute atomic E-state index is 10.8. The first kappa shape index (κ1) is 20.1. The van der Waals surface area contributed by atoms with Crippen molar-refractivity contribution in [2.24, 2.45) is 5.10 Å². The second kappa shape index (κ2) is 8.78. The van der Waals surface area contributed by atoms with Crippen LogP contribution in [0.5, 0.6) is 11.5 Å². The number of hydrogen-bond acceptors (Lipinski definition) is 7. The molecule has 0 aliphatic carbocycles. The summed E-state index contributed by atoms with van der Waals surface area (Å²) in [6.45, 7) is 0. The maximum atomic E-state index is 10.8. The van der Waals surface area contributed by atoms with E-state index in [1.165, 1.54) is 37.6 Å². The van der Waals surface area contributed by atoms with E-state index >= 15 is 0 Å². The van der Waals surface area contributed by atoms with Crippen molar-refractivity contribution >= 4 is 22.0 Å². The molecule has 0 aliphatic heterocycles. The Kier molecular flexibility index (Phi) is 7.68. The van der Waals surface area contributed by atoms with Crippen molar-refractivity contribution in [2.45, 2.75) is 4.90 Å². The van der Waals surface area contributed by atoms with Crippen LogP contribution in [-0.4, -0.2) is 31.4 Å². The molecule has 0 saturated heterocycles. The molecule has 0 amide bonds. The van der Waals surface area contributed by atoms with Gasteiger partial charge >= 0.3 is 51.4 Å². The first-order valence-corrected chi connectivity index (χ1v) is 7.53. The number of hydrogen-bond donors (Lipinski definition) is 2. The zero-order valence-electron chi connectivity index (χ0n) is 12.6. The van der Waals surface area contributed by atoms with Gasteiger partial charge in [-0.2, -0.15) is 5.10 Å². The van der Waals surface area contributed by atoms with E-state index in [2.05, 4.69) is 10.5 Å². The average molecular weight is 360 g/mol. The minimum Gasteiger partial charge on any atom is -0.744 e. The molecule has 2 aromatic carbocycles. The molecule has 0 saturated carbocycles. The number of phenolic OH excluding ortho intramolecular Hbond substituents is 1. The third-order valence-corrected chi connectivity index (χ3v) is 3.64. The number of methoxy groups -OCH3 is 1. The second-order valence-corrected chi connectivity index (χ2v) is 5.63. The monoisotopic (exact) mass is 360 g/mol. The van der Waals surface area contributed by atoms with Gasteiger partial charge < -0.3 is 14.4 Å². The van der Waals surface area contributed by atoms with Gasteiger partial charge in [-0.15, -0.1) is 0 Å². The zero-order valence-corrected chi connectivity index (χ0v) is 16.5. The molecule has 7 nitrogen and oxygen atoms in total. The molecule has 0 aromatic heterocycles. The average Bonchev–Trinajstić information content (AvgIpc) is 2.48. The molecule has 0 aliphatic rings. The van der Waals surface area contributed by atoms with Crippen molar-refractivity contribution in [3.05, 3.63) is 48.0 Å². The van der Waals surface area contributed by atoms with E-state index < -0.39 is 10.1 Å². The van der Waals surface area contributed by atoms with Crippen LogP contribution >= 0.6 is 0 Å². The van der Waals surface area contributed by atoms with Gasteiger partial charge in [-0.05, 0) is 36.4 Å². The van der Waals surface area contributed by atoms with Gasteiger partial charge in [0.25, 0.3) is 0 Å². The van der Waals surface area contributed by atoms with Crippen LogP contribution < -0.4 is 61.5 Å². The number of aromatic hydroxyl groups is 1. The molecule has 0 unspecified atom stereocenters. The first-order valence-electron chi connectivity index (χ1n) is 6.13. The van der Waals surface area contributed by atoms with Crippen molar-refractivity contribution in [3.8, 4) is 11.5 Å². The Hall–Kier alpha value is -0.944. The fourth-order valence-corrected chi connectivity index (χ4v) is 2.15. The number of anilines is 1. The van der Waals surface area contributed by atoms with Crippen LogP contribution in [0.3, 0.4) is 0 Å². The number of nitrogens with zero attached hydrogens (tertiary/aromatic N) is 1. The quantitative estimate of drug-likeness (QED) is 0.298. The van der Waals surface area contributed by atoms with Crippen molar-refractivity contribution in [1.29, 1.82) is 0 Å². The Morgan fingerprint density at radius 2 is 1.87 bits per heavy atom. The molecule has 0 radical (unpaired) electrons. The summed E-state index contributed by atoms with van der Waals surface area (Å²) < 4.78 is 37.4. The fraction of sp³-hybridized carbons (Fsp3) is 0.0714. The second-order valence-electron chi connectivity index (χ2n) is 4.25. The molecular formula is C14H13KN2O5S. The Morgan fingerprint density at radius 1 is 1.22 bits per heavy atom. The van der Waals surface area contributed by atoms with Crippen molar-refractivity contribution in [1.82, 2.24) is 0 Å². The number of para-hydroxylation sites is 1. The van der Waals surface area contributed by atoms with Crippen LogP contribution in [0.2, 0.25) is 0 Å². The number of phenols is 1. The summed E-state index contributed by atoms with van der Waals surface area (Å²) in [5, 5.41) is 13.8. The molecule has 2 rings (SSSR count). The number of ether oxygens (including phenoxy) is 1. The van der Waals surface area contributed by atoms with E-state index in [1.807, 2.05) is 0 Å². The maximum Gasteiger partial charge on any atom is 1.00 e. The van der Waals surface area contributed by atoms with Crippen LogP contribution in [0.4, 0.5) is 5.69 Å². The third kappa shape index (κ3) is 5.57. The molecular weight excluding hydrogens is 347 g/mol. The predicted molar refractivity (Wildman–Crippen MR) is 80.3 cm³/mol. The summed E-state index contributed by atoms with van der Waals surface area (Å²) in [6, 6.07) is 10.2. The normalized spacial score (nSPS) is 11.0. The van der Waals surface area contributed by atoms with E-state index in [0.717, 1.165) is 0 Å². The van der Waals surface area contributed by atoms with Crippen LogP contribution in [-0.2, 0) is 10.1 Å². The van der Waals surface area contributed by atoms with Crippen molar-refractivity contribution in [3.63, 3.8) is 0 Å². The number of nitrogens with one attached hydrogen (secondary N) is 1. The summed E-state index contributed by atoms with van der Waals surface area (Å²) >= 11 is 0. The smallest absolute Gasteiger partial charge is 0.744 e. The number of rotatable bonds is 5. The minimum atomic E-state index is -4.46. The molecule has 0 spiro atoms. The van der Waals surface area contributed by atoms with Crippen LogP contribution in [0.25, 0.3) is 0 Å². The Labute approximate surface area is 176 Å². The molecule has 116 valence electrons. The summed E-state index contributed by atoms with van der Waals surface area (Å²) in [5.41, 5.74) is 3.60. The van der Waals surface area contributed by atoms with Gasteiger partial charge in [0.05, 0.1) is 23.9 Å². The van der Waals surface area contributed by atoms with Crippen LogP contribution in [0, 0.1) is 0 Å².